The highest BCUT2D eigenvalue weighted by atomic mass is 35.5. The van der Waals surface area contributed by atoms with Gasteiger partial charge >= 0.3 is 0 Å². The molecule has 0 aliphatic carbocycles. The first-order chi connectivity index (χ1) is 9.49. The summed E-state index contributed by atoms with van der Waals surface area (Å²) in [6.45, 7) is 0.345. The van der Waals surface area contributed by atoms with Crippen LogP contribution in [-0.2, 0) is 6.54 Å². The highest BCUT2D eigenvalue weighted by Gasteiger charge is 2.09. The lowest BCUT2D eigenvalue weighted by atomic mass is 10.1. The van der Waals surface area contributed by atoms with Crippen molar-refractivity contribution in [2.45, 2.75) is 6.54 Å². The van der Waals surface area contributed by atoms with E-state index in [2.05, 4.69) is 5.32 Å². The Morgan fingerprint density at radius 3 is 2.40 bits per heavy atom. The van der Waals surface area contributed by atoms with Gasteiger partial charge in [-0.2, -0.15) is 0 Å². The number of hydrogen-bond donors (Lipinski definition) is 2. The molecular weight excluding hydrogens is 302 g/mol. The van der Waals surface area contributed by atoms with Crippen LogP contribution in [0, 0.1) is 5.82 Å². The Bertz CT molecular complexity index is 638. The topological polar surface area (TPSA) is 55.1 Å². The summed E-state index contributed by atoms with van der Waals surface area (Å²) >= 11 is 11.4. The van der Waals surface area contributed by atoms with Gasteiger partial charge in [-0.05, 0) is 23.8 Å². The van der Waals surface area contributed by atoms with E-state index in [4.69, 9.17) is 28.9 Å². The Labute approximate surface area is 125 Å². The quantitative estimate of drug-likeness (QED) is 0.843. The van der Waals surface area contributed by atoms with Gasteiger partial charge in [-0.1, -0.05) is 41.4 Å². The Balaban J connectivity index is 2.19. The van der Waals surface area contributed by atoms with Gasteiger partial charge in [0, 0.05) is 17.8 Å². The van der Waals surface area contributed by atoms with Gasteiger partial charge in [0.05, 0.1) is 10.0 Å². The molecule has 0 aliphatic rings. The van der Waals surface area contributed by atoms with Gasteiger partial charge in [0.25, 0.3) is 0 Å². The second kappa shape index (κ2) is 6.11. The summed E-state index contributed by atoms with van der Waals surface area (Å²) < 4.78 is 13.3. The summed E-state index contributed by atoms with van der Waals surface area (Å²) in [6, 6.07) is 9.80. The fraction of sp³-hybridized carbons (Fsp3) is 0.0714. The molecule has 0 aromatic heterocycles. The fourth-order valence-corrected chi connectivity index (χ4v) is 2.26. The van der Waals surface area contributed by atoms with Gasteiger partial charge in [0.2, 0.25) is 5.91 Å². The van der Waals surface area contributed by atoms with Crippen molar-refractivity contribution < 1.29 is 9.18 Å². The van der Waals surface area contributed by atoms with Crippen LogP contribution in [0.1, 0.15) is 15.9 Å². The summed E-state index contributed by atoms with van der Waals surface area (Å²) in [5.74, 6) is -1.16. The Morgan fingerprint density at radius 1 is 1.20 bits per heavy atom. The SMILES string of the molecule is NC(=O)c1ccccc1CNc1cc(Cl)c(F)c(Cl)c1. The van der Waals surface area contributed by atoms with E-state index in [-0.39, 0.29) is 10.0 Å². The molecule has 6 heteroatoms. The monoisotopic (exact) mass is 312 g/mol. The van der Waals surface area contributed by atoms with Gasteiger partial charge in [0.15, 0.2) is 5.82 Å². The number of rotatable bonds is 4. The summed E-state index contributed by atoms with van der Waals surface area (Å²) in [7, 11) is 0. The maximum absolute atomic E-state index is 13.3. The molecule has 2 aromatic carbocycles. The summed E-state index contributed by atoms with van der Waals surface area (Å²) in [6.07, 6.45) is 0. The molecule has 0 atom stereocenters. The third-order valence-electron chi connectivity index (χ3n) is 2.75. The lowest BCUT2D eigenvalue weighted by molar-refractivity contribution is 0.0999. The second-order valence-electron chi connectivity index (χ2n) is 4.13. The van der Waals surface area contributed by atoms with E-state index in [1.807, 2.05) is 0 Å². The van der Waals surface area contributed by atoms with Crippen LogP contribution in [0.3, 0.4) is 0 Å². The van der Waals surface area contributed by atoms with Gasteiger partial charge in [-0.25, -0.2) is 4.39 Å². The van der Waals surface area contributed by atoms with Crippen LogP contribution in [0.25, 0.3) is 0 Å². The van der Waals surface area contributed by atoms with Crippen LogP contribution in [0.2, 0.25) is 10.0 Å². The van der Waals surface area contributed by atoms with Crippen LogP contribution in [0.4, 0.5) is 10.1 Å². The predicted molar refractivity (Wildman–Crippen MR) is 78.7 cm³/mol. The largest absolute Gasteiger partial charge is 0.381 e. The van der Waals surface area contributed by atoms with Gasteiger partial charge in [-0.15, -0.1) is 0 Å². The van der Waals surface area contributed by atoms with Crippen molar-refractivity contribution in [1.29, 1.82) is 0 Å². The average molecular weight is 313 g/mol. The minimum Gasteiger partial charge on any atom is -0.381 e. The molecule has 0 saturated carbocycles. The molecule has 0 bridgehead atoms. The van der Waals surface area contributed by atoms with E-state index in [9.17, 15) is 9.18 Å². The molecule has 104 valence electrons. The first kappa shape index (κ1) is 14.6. The van der Waals surface area contributed by atoms with Crippen LogP contribution >= 0.6 is 23.2 Å². The molecule has 0 unspecified atom stereocenters. The molecule has 2 rings (SSSR count). The number of anilines is 1. The van der Waals surface area contributed by atoms with Crippen molar-refractivity contribution >= 4 is 34.8 Å². The fourth-order valence-electron chi connectivity index (χ4n) is 1.77. The number of primary amides is 1. The molecule has 2 aromatic rings. The molecule has 0 radical (unpaired) electrons. The van der Waals surface area contributed by atoms with Crippen LogP contribution in [0.5, 0.6) is 0 Å². The van der Waals surface area contributed by atoms with Crippen molar-refractivity contribution in [1.82, 2.24) is 0 Å². The average Bonchev–Trinajstić information content (AvgIpc) is 2.42. The highest BCUT2D eigenvalue weighted by Crippen LogP contribution is 2.27. The standard InChI is InChI=1S/C14H11Cl2FN2O/c15-11-5-9(6-12(16)13(11)17)19-7-8-3-1-2-4-10(8)14(18)20/h1-6,19H,7H2,(H2,18,20). The van der Waals surface area contributed by atoms with Crippen LogP contribution in [-0.4, -0.2) is 5.91 Å². The van der Waals surface area contributed by atoms with Crippen molar-refractivity contribution in [2.24, 2.45) is 5.73 Å². The maximum atomic E-state index is 13.3. The highest BCUT2D eigenvalue weighted by molar-refractivity contribution is 6.35. The molecule has 0 spiro atoms. The van der Waals surface area contributed by atoms with Gasteiger partial charge < -0.3 is 11.1 Å². The van der Waals surface area contributed by atoms with E-state index in [1.54, 1.807) is 24.3 Å². The molecule has 0 fully saturated rings. The third kappa shape index (κ3) is 3.21. The number of carbonyl (C=O) groups is 1. The van der Waals surface area contributed by atoms with E-state index in [0.29, 0.717) is 17.8 Å². The van der Waals surface area contributed by atoms with Crippen molar-refractivity contribution in [3.63, 3.8) is 0 Å². The van der Waals surface area contributed by atoms with E-state index in [0.717, 1.165) is 5.56 Å². The molecule has 1 amide bonds. The predicted octanol–water partition coefficient (Wildman–Crippen LogP) is 3.84. The smallest absolute Gasteiger partial charge is 0.249 e. The molecular formula is C14H11Cl2FN2O. The Kier molecular flexibility index (Phi) is 4.47. The zero-order valence-corrected chi connectivity index (χ0v) is 11.8. The van der Waals surface area contributed by atoms with Gasteiger partial charge in [0.1, 0.15) is 0 Å². The number of halogens is 3. The normalized spacial score (nSPS) is 10.3. The Morgan fingerprint density at radius 2 is 1.80 bits per heavy atom. The number of benzene rings is 2. The van der Waals surface area contributed by atoms with Crippen molar-refractivity contribution in [3.05, 3.63) is 63.4 Å². The molecule has 3 nitrogen and oxygen atoms in total. The van der Waals surface area contributed by atoms with E-state index < -0.39 is 11.7 Å². The minimum atomic E-state index is -0.656. The van der Waals surface area contributed by atoms with E-state index >= 15 is 0 Å². The Hall–Kier alpha value is -1.78. The number of hydrogen-bond acceptors (Lipinski definition) is 2. The van der Waals surface area contributed by atoms with E-state index in [1.165, 1.54) is 12.1 Å². The van der Waals surface area contributed by atoms with Crippen molar-refractivity contribution in [2.75, 3.05) is 5.32 Å². The molecule has 3 N–H and O–H groups in total. The maximum Gasteiger partial charge on any atom is 0.249 e. The van der Waals surface area contributed by atoms with Crippen LogP contribution < -0.4 is 11.1 Å². The lowest BCUT2D eigenvalue weighted by Gasteiger charge is -2.10. The first-order valence-electron chi connectivity index (χ1n) is 5.75. The number of amides is 1. The number of carbonyl (C=O) groups excluding carboxylic acids is 1. The summed E-state index contributed by atoms with van der Waals surface area (Å²) in [5, 5.41) is 2.89. The summed E-state index contributed by atoms with van der Waals surface area (Å²) in [5.41, 5.74) is 7.01. The zero-order chi connectivity index (χ0) is 14.7. The lowest BCUT2D eigenvalue weighted by Crippen LogP contribution is -2.15. The third-order valence-corrected chi connectivity index (χ3v) is 3.30. The minimum absolute atomic E-state index is 0.0665. The van der Waals surface area contributed by atoms with Gasteiger partial charge in [-0.3, -0.25) is 4.79 Å². The number of nitrogens with one attached hydrogen (secondary N) is 1. The second-order valence-corrected chi connectivity index (χ2v) is 4.94. The van der Waals surface area contributed by atoms with Crippen molar-refractivity contribution in [3.8, 4) is 0 Å². The molecule has 0 heterocycles. The van der Waals surface area contributed by atoms with Crippen LogP contribution in [0.15, 0.2) is 36.4 Å². The molecule has 0 aliphatic heterocycles. The molecule has 20 heavy (non-hydrogen) atoms. The summed E-state index contributed by atoms with van der Waals surface area (Å²) in [4.78, 5) is 11.3. The zero-order valence-electron chi connectivity index (χ0n) is 10.3. The first-order valence-corrected chi connectivity index (χ1v) is 6.50. The molecule has 0 saturated heterocycles. The number of nitrogens with two attached hydrogens (primary N) is 1.